The van der Waals surface area contributed by atoms with E-state index in [1.165, 1.54) is 0 Å². The monoisotopic (exact) mass is 376 g/mol. The van der Waals surface area contributed by atoms with Gasteiger partial charge in [0.1, 0.15) is 6.42 Å². The van der Waals surface area contributed by atoms with Crippen molar-refractivity contribution in [2.24, 2.45) is 0 Å². The van der Waals surface area contributed by atoms with E-state index < -0.39 is 0 Å². The van der Waals surface area contributed by atoms with E-state index in [0.717, 1.165) is 28.1 Å². The van der Waals surface area contributed by atoms with Crippen LogP contribution in [-0.2, 0) is 16.1 Å². The van der Waals surface area contributed by atoms with Gasteiger partial charge in [-0.05, 0) is 54.8 Å². The Labute approximate surface area is 164 Å². The zero-order valence-electron chi connectivity index (χ0n) is 16.3. The first-order valence-corrected chi connectivity index (χ1v) is 9.13. The molecule has 6 heteroatoms. The molecule has 0 spiro atoms. The second kappa shape index (κ2) is 8.52. The van der Waals surface area contributed by atoms with Crippen molar-refractivity contribution in [3.05, 3.63) is 77.6 Å². The number of rotatable bonds is 6. The summed E-state index contributed by atoms with van der Waals surface area (Å²) < 4.78 is 1.77. The number of aryl methyl sites for hydroxylation is 1. The van der Waals surface area contributed by atoms with Crippen LogP contribution in [0.3, 0.4) is 0 Å². The summed E-state index contributed by atoms with van der Waals surface area (Å²) in [6, 6.07) is 15.4. The number of nitrogens with zero attached hydrogens (tertiary/aromatic N) is 3. The number of aromatic nitrogens is 2. The maximum absolute atomic E-state index is 12.5. The molecule has 1 heterocycles. The van der Waals surface area contributed by atoms with Gasteiger partial charge >= 0.3 is 0 Å². The van der Waals surface area contributed by atoms with Gasteiger partial charge in [-0.3, -0.25) is 9.59 Å². The van der Waals surface area contributed by atoms with Gasteiger partial charge in [0.25, 0.3) is 0 Å². The Bertz CT molecular complexity index is 980. The van der Waals surface area contributed by atoms with Crippen LogP contribution >= 0.6 is 0 Å². The molecule has 144 valence electrons. The van der Waals surface area contributed by atoms with E-state index >= 15 is 0 Å². The fourth-order valence-electron chi connectivity index (χ4n) is 2.93. The van der Waals surface area contributed by atoms with Crippen LogP contribution in [-0.4, -0.2) is 33.5 Å². The fourth-order valence-corrected chi connectivity index (χ4v) is 2.93. The predicted molar refractivity (Wildman–Crippen MR) is 109 cm³/mol. The summed E-state index contributed by atoms with van der Waals surface area (Å²) in [6.07, 6.45) is 3.39. The summed E-state index contributed by atoms with van der Waals surface area (Å²) in [5.74, 6) is -0.539. The zero-order chi connectivity index (χ0) is 20.1. The lowest BCUT2D eigenvalue weighted by molar-refractivity contribution is -0.134. The van der Waals surface area contributed by atoms with Crippen LogP contribution in [0.25, 0.3) is 5.69 Å². The first kappa shape index (κ1) is 19.4. The molecule has 28 heavy (non-hydrogen) atoms. The summed E-state index contributed by atoms with van der Waals surface area (Å²) in [5.41, 5.74) is 4.74. The van der Waals surface area contributed by atoms with E-state index in [-0.39, 0.29) is 18.2 Å². The van der Waals surface area contributed by atoms with Crippen molar-refractivity contribution in [2.45, 2.75) is 26.8 Å². The standard InChI is InChI=1S/C22H24N4O2/c1-16-7-4-10-20(17(16)2)24-21(27)14-22(28)25(3)15-18-8-5-9-19(13-18)26-12-6-11-23-26/h4-13H,14-15H2,1-3H3,(H,24,27). The quantitative estimate of drug-likeness (QED) is 0.670. The van der Waals surface area contributed by atoms with Crippen molar-refractivity contribution in [3.63, 3.8) is 0 Å². The highest BCUT2D eigenvalue weighted by atomic mass is 16.2. The van der Waals surface area contributed by atoms with Gasteiger partial charge in [0.05, 0.1) is 5.69 Å². The molecule has 1 aromatic heterocycles. The van der Waals surface area contributed by atoms with Gasteiger partial charge in [0, 0.05) is 31.7 Å². The molecular weight excluding hydrogens is 352 g/mol. The molecule has 0 unspecified atom stereocenters. The van der Waals surface area contributed by atoms with Crippen LogP contribution in [0.1, 0.15) is 23.1 Å². The van der Waals surface area contributed by atoms with E-state index in [9.17, 15) is 9.59 Å². The first-order valence-electron chi connectivity index (χ1n) is 9.13. The summed E-state index contributed by atoms with van der Waals surface area (Å²) >= 11 is 0. The Morgan fingerprint density at radius 2 is 1.89 bits per heavy atom. The maximum Gasteiger partial charge on any atom is 0.233 e. The van der Waals surface area contributed by atoms with E-state index in [0.29, 0.717) is 6.54 Å². The Kier molecular flexibility index (Phi) is 5.89. The van der Waals surface area contributed by atoms with Gasteiger partial charge in [-0.25, -0.2) is 4.68 Å². The molecule has 0 bridgehead atoms. The largest absolute Gasteiger partial charge is 0.341 e. The molecule has 3 aromatic rings. The third-order valence-corrected chi connectivity index (χ3v) is 4.72. The first-order chi connectivity index (χ1) is 13.4. The van der Waals surface area contributed by atoms with Gasteiger partial charge < -0.3 is 10.2 Å². The van der Waals surface area contributed by atoms with Crippen molar-refractivity contribution in [1.29, 1.82) is 0 Å². The second-order valence-electron chi connectivity index (χ2n) is 6.84. The fraction of sp³-hybridized carbons (Fsp3) is 0.227. The molecule has 0 atom stereocenters. The topological polar surface area (TPSA) is 67.2 Å². The third kappa shape index (κ3) is 4.65. The van der Waals surface area contributed by atoms with E-state index in [1.54, 1.807) is 22.8 Å². The predicted octanol–water partition coefficient (Wildman–Crippen LogP) is 3.48. The smallest absolute Gasteiger partial charge is 0.233 e. The Morgan fingerprint density at radius 1 is 1.11 bits per heavy atom. The van der Waals surface area contributed by atoms with Crippen molar-refractivity contribution in [2.75, 3.05) is 12.4 Å². The molecule has 3 rings (SSSR count). The van der Waals surface area contributed by atoms with Crippen molar-refractivity contribution in [3.8, 4) is 5.69 Å². The van der Waals surface area contributed by atoms with Crippen LogP contribution < -0.4 is 5.32 Å². The minimum Gasteiger partial charge on any atom is -0.341 e. The van der Waals surface area contributed by atoms with Crippen LogP contribution in [0, 0.1) is 13.8 Å². The van der Waals surface area contributed by atoms with E-state index in [4.69, 9.17) is 0 Å². The number of nitrogens with one attached hydrogen (secondary N) is 1. The average molecular weight is 376 g/mol. The van der Waals surface area contributed by atoms with Gasteiger partial charge in [0.2, 0.25) is 11.8 Å². The molecule has 1 N–H and O–H groups in total. The minimum atomic E-state index is -0.309. The maximum atomic E-state index is 12.5. The number of carbonyl (C=O) groups is 2. The molecule has 0 aliphatic rings. The number of anilines is 1. The Balaban J connectivity index is 1.59. The SMILES string of the molecule is Cc1cccc(NC(=O)CC(=O)N(C)Cc2cccc(-n3cccn3)c2)c1C. The number of hydrogen-bond donors (Lipinski definition) is 1. The number of carbonyl (C=O) groups excluding carboxylic acids is 2. The van der Waals surface area contributed by atoms with Crippen molar-refractivity contribution < 1.29 is 9.59 Å². The zero-order valence-corrected chi connectivity index (χ0v) is 16.3. The van der Waals surface area contributed by atoms with E-state index in [1.807, 2.05) is 68.6 Å². The van der Waals surface area contributed by atoms with Gasteiger partial charge in [-0.15, -0.1) is 0 Å². The molecule has 6 nitrogen and oxygen atoms in total. The molecule has 0 aliphatic carbocycles. The molecule has 0 fully saturated rings. The van der Waals surface area contributed by atoms with Gasteiger partial charge in [-0.1, -0.05) is 24.3 Å². The van der Waals surface area contributed by atoms with Crippen LogP contribution in [0.5, 0.6) is 0 Å². The average Bonchev–Trinajstić information content (AvgIpc) is 3.20. The molecular formula is C22H24N4O2. The van der Waals surface area contributed by atoms with Gasteiger partial charge in [-0.2, -0.15) is 5.10 Å². The molecule has 2 aromatic carbocycles. The lowest BCUT2D eigenvalue weighted by Gasteiger charge is -2.18. The van der Waals surface area contributed by atoms with Crippen LogP contribution in [0.15, 0.2) is 60.9 Å². The molecule has 0 aliphatic heterocycles. The molecule has 2 amide bonds. The minimum absolute atomic E-state index is 0.192. The Hall–Kier alpha value is -3.41. The number of amides is 2. The summed E-state index contributed by atoms with van der Waals surface area (Å²) in [6.45, 7) is 4.36. The van der Waals surface area contributed by atoms with Crippen LogP contribution in [0.4, 0.5) is 5.69 Å². The van der Waals surface area contributed by atoms with E-state index in [2.05, 4.69) is 10.4 Å². The highest BCUT2D eigenvalue weighted by molar-refractivity contribution is 6.03. The second-order valence-corrected chi connectivity index (χ2v) is 6.84. The summed E-state index contributed by atoms with van der Waals surface area (Å²) in [4.78, 5) is 26.3. The van der Waals surface area contributed by atoms with Crippen molar-refractivity contribution >= 4 is 17.5 Å². The Morgan fingerprint density at radius 3 is 2.64 bits per heavy atom. The number of hydrogen-bond acceptors (Lipinski definition) is 3. The highest BCUT2D eigenvalue weighted by Gasteiger charge is 2.15. The molecule has 0 saturated heterocycles. The molecule has 0 radical (unpaired) electrons. The molecule has 0 saturated carbocycles. The highest BCUT2D eigenvalue weighted by Crippen LogP contribution is 2.18. The summed E-state index contributed by atoms with van der Waals surface area (Å²) in [5, 5.41) is 7.05. The lowest BCUT2D eigenvalue weighted by atomic mass is 10.1. The van der Waals surface area contributed by atoms with Crippen LogP contribution in [0.2, 0.25) is 0 Å². The summed E-state index contributed by atoms with van der Waals surface area (Å²) in [7, 11) is 1.70. The van der Waals surface area contributed by atoms with Crippen molar-refractivity contribution in [1.82, 2.24) is 14.7 Å². The lowest BCUT2D eigenvalue weighted by Crippen LogP contribution is -2.30. The number of benzene rings is 2. The normalized spacial score (nSPS) is 10.5. The van der Waals surface area contributed by atoms with Gasteiger partial charge in [0.15, 0.2) is 0 Å². The third-order valence-electron chi connectivity index (χ3n) is 4.72.